The highest BCUT2D eigenvalue weighted by atomic mass is 16.5. The van der Waals surface area contributed by atoms with Gasteiger partial charge in [0.15, 0.2) is 0 Å². The first-order valence-electron chi connectivity index (χ1n) is 7.17. The molecule has 0 bridgehead atoms. The summed E-state index contributed by atoms with van der Waals surface area (Å²) in [7, 11) is 0. The lowest BCUT2D eigenvalue weighted by Gasteiger charge is -2.26. The number of hydrogen-bond donors (Lipinski definition) is 2. The molecule has 1 atom stereocenters. The number of ether oxygens (including phenoxy) is 1. The molecule has 2 aliphatic rings. The third-order valence-electron chi connectivity index (χ3n) is 3.68. The van der Waals surface area contributed by atoms with E-state index < -0.39 is 0 Å². The van der Waals surface area contributed by atoms with Crippen molar-refractivity contribution in [3.63, 3.8) is 0 Å². The molecule has 2 fully saturated rings. The Morgan fingerprint density at radius 2 is 2.17 bits per heavy atom. The summed E-state index contributed by atoms with van der Waals surface area (Å²) in [6.45, 7) is 6.75. The van der Waals surface area contributed by atoms with Gasteiger partial charge in [-0.3, -0.25) is 9.69 Å². The van der Waals surface area contributed by atoms with Gasteiger partial charge in [-0.25, -0.2) is 0 Å². The largest absolute Gasteiger partial charge is 0.379 e. The Morgan fingerprint density at radius 1 is 1.33 bits per heavy atom. The number of rotatable bonds is 6. The van der Waals surface area contributed by atoms with E-state index in [4.69, 9.17) is 4.74 Å². The van der Waals surface area contributed by atoms with Crippen LogP contribution in [0, 0.1) is 0 Å². The van der Waals surface area contributed by atoms with Crippen molar-refractivity contribution >= 4 is 5.91 Å². The number of unbranched alkanes of at least 4 members (excludes halogenated alkanes) is 1. The summed E-state index contributed by atoms with van der Waals surface area (Å²) >= 11 is 0. The quantitative estimate of drug-likeness (QED) is 0.654. The molecule has 18 heavy (non-hydrogen) atoms. The predicted molar refractivity (Wildman–Crippen MR) is 70.5 cm³/mol. The highest BCUT2D eigenvalue weighted by molar-refractivity contribution is 5.81. The minimum absolute atomic E-state index is 0.0595. The Balaban J connectivity index is 1.46. The standard InChI is InChI=1S/C13H25N3O2/c17-13(12-4-3-6-14-12)15-5-1-2-7-16-8-10-18-11-9-16/h12,14H,1-11H2,(H,15,17)/t12-/m1/s1. The number of carbonyl (C=O) groups excluding carboxylic acids is 1. The molecule has 0 aromatic carbocycles. The Bertz CT molecular complexity index is 249. The summed E-state index contributed by atoms with van der Waals surface area (Å²) in [5, 5.41) is 6.23. The van der Waals surface area contributed by atoms with E-state index in [0.717, 1.165) is 71.6 Å². The maximum Gasteiger partial charge on any atom is 0.237 e. The molecule has 1 amide bonds. The van der Waals surface area contributed by atoms with Crippen LogP contribution in [0.25, 0.3) is 0 Å². The van der Waals surface area contributed by atoms with Gasteiger partial charge in [-0.1, -0.05) is 0 Å². The summed E-state index contributed by atoms with van der Waals surface area (Å²) in [6.07, 6.45) is 4.32. The first-order chi connectivity index (χ1) is 8.86. The number of hydrogen-bond acceptors (Lipinski definition) is 4. The van der Waals surface area contributed by atoms with Crippen LogP contribution in [0.3, 0.4) is 0 Å². The van der Waals surface area contributed by atoms with E-state index in [-0.39, 0.29) is 11.9 Å². The monoisotopic (exact) mass is 255 g/mol. The molecule has 2 aliphatic heterocycles. The molecule has 2 saturated heterocycles. The van der Waals surface area contributed by atoms with Crippen LogP contribution in [0.15, 0.2) is 0 Å². The Labute approximate surface area is 109 Å². The molecule has 0 spiro atoms. The summed E-state index contributed by atoms with van der Waals surface area (Å²) in [5.41, 5.74) is 0. The van der Waals surface area contributed by atoms with Crippen LogP contribution < -0.4 is 10.6 Å². The van der Waals surface area contributed by atoms with Gasteiger partial charge in [0.1, 0.15) is 0 Å². The first kappa shape index (κ1) is 13.8. The van der Waals surface area contributed by atoms with E-state index in [2.05, 4.69) is 15.5 Å². The average molecular weight is 255 g/mol. The van der Waals surface area contributed by atoms with Crippen molar-refractivity contribution in [1.29, 1.82) is 0 Å². The van der Waals surface area contributed by atoms with E-state index in [1.807, 2.05) is 0 Å². The van der Waals surface area contributed by atoms with Crippen molar-refractivity contribution in [3.8, 4) is 0 Å². The average Bonchev–Trinajstić information content (AvgIpc) is 2.93. The van der Waals surface area contributed by atoms with Crippen molar-refractivity contribution in [2.75, 3.05) is 45.9 Å². The van der Waals surface area contributed by atoms with Gasteiger partial charge >= 0.3 is 0 Å². The van der Waals surface area contributed by atoms with Gasteiger partial charge in [-0.05, 0) is 38.8 Å². The Morgan fingerprint density at radius 3 is 2.89 bits per heavy atom. The predicted octanol–water partition coefficient (Wildman–Crippen LogP) is -0.0330. The second kappa shape index (κ2) is 7.71. The SMILES string of the molecule is O=C(NCCCCN1CCOCC1)[C@H]1CCCN1. The fourth-order valence-electron chi connectivity index (χ4n) is 2.53. The molecular weight excluding hydrogens is 230 g/mol. The third kappa shape index (κ3) is 4.55. The molecule has 0 aliphatic carbocycles. The lowest BCUT2D eigenvalue weighted by atomic mass is 10.2. The van der Waals surface area contributed by atoms with Crippen molar-refractivity contribution in [2.24, 2.45) is 0 Å². The van der Waals surface area contributed by atoms with Crippen LogP contribution in [-0.4, -0.2) is 62.8 Å². The molecule has 0 aromatic heterocycles. The van der Waals surface area contributed by atoms with E-state index >= 15 is 0 Å². The minimum atomic E-state index is 0.0595. The first-order valence-corrected chi connectivity index (χ1v) is 7.17. The van der Waals surface area contributed by atoms with Crippen molar-refractivity contribution < 1.29 is 9.53 Å². The fraction of sp³-hybridized carbons (Fsp3) is 0.923. The lowest BCUT2D eigenvalue weighted by Crippen LogP contribution is -2.41. The van der Waals surface area contributed by atoms with Gasteiger partial charge in [0.25, 0.3) is 0 Å². The number of nitrogens with zero attached hydrogens (tertiary/aromatic N) is 1. The third-order valence-corrected chi connectivity index (χ3v) is 3.68. The van der Waals surface area contributed by atoms with E-state index in [1.54, 1.807) is 0 Å². The molecule has 0 radical (unpaired) electrons. The van der Waals surface area contributed by atoms with Gasteiger partial charge in [-0.2, -0.15) is 0 Å². The van der Waals surface area contributed by atoms with E-state index in [1.165, 1.54) is 0 Å². The number of nitrogens with one attached hydrogen (secondary N) is 2. The zero-order valence-corrected chi connectivity index (χ0v) is 11.1. The molecule has 5 nitrogen and oxygen atoms in total. The topological polar surface area (TPSA) is 53.6 Å². The van der Waals surface area contributed by atoms with Crippen LogP contribution in [0.5, 0.6) is 0 Å². The number of morpholine rings is 1. The van der Waals surface area contributed by atoms with E-state index in [9.17, 15) is 4.79 Å². The van der Waals surface area contributed by atoms with Gasteiger partial charge in [-0.15, -0.1) is 0 Å². The van der Waals surface area contributed by atoms with Gasteiger partial charge in [0.05, 0.1) is 19.3 Å². The normalized spacial score (nSPS) is 25.2. The molecule has 0 aromatic rings. The zero-order chi connectivity index (χ0) is 12.6. The smallest absolute Gasteiger partial charge is 0.237 e. The molecule has 0 unspecified atom stereocenters. The maximum atomic E-state index is 11.7. The Kier molecular flexibility index (Phi) is 5.90. The molecule has 2 rings (SSSR count). The number of carbonyl (C=O) groups is 1. The minimum Gasteiger partial charge on any atom is -0.379 e. The number of amides is 1. The molecule has 2 N–H and O–H groups in total. The molecule has 104 valence electrons. The second-order valence-corrected chi connectivity index (χ2v) is 5.10. The van der Waals surface area contributed by atoms with Crippen molar-refractivity contribution in [1.82, 2.24) is 15.5 Å². The van der Waals surface area contributed by atoms with Crippen LogP contribution in [0.1, 0.15) is 25.7 Å². The molecule has 0 saturated carbocycles. The summed E-state index contributed by atoms with van der Waals surface area (Å²) in [4.78, 5) is 14.1. The summed E-state index contributed by atoms with van der Waals surface area (Å²) in [5.74, 6) is 0.180. The van der Waals surface area contributed by atoms with Gasteiger partial charge in [0.2, 0.25) is 5.91 Å². The van der Waals surface area contributed by atoms with E-state index in [0.29, 0.717) is 0 Å². The Hall–Kier alpha value is -0.650. The molecule has 5 heteroatoms. The van der Waals surface area contributed by atoms with Crippen LogP contribution in [0.2, 0.25) is 0 Å². The summed E-state index contributed by atoms with van der Waals surface area (Å²) in [6, 6.07) is 0.0595. The second-order valence-electron chi connectivity index (χ2n) is 5.10. The molecular formula is C13H25N3O2. The van der Waals surface area contributed by atoms with Crippen LogP contribution in [-0.2, 0) is 9.53 Å². The van der Waals surface area contributed by atoms with Gasteiger partial charge < -0.3 is 15.4 Å². The maximum absolute atomic E-state index is 11.7. The highest BCUT2D eigenvalue weighted by Gasteiger charge is 2.21. The zero-order valence-electron chi connectivity index (χ0n) is 11.1. The molecule has 2 heterocycles. The summed E-state index contributed by atoms with van der Waals surface area (Å²) < 4.78 is 5.31. The van der Waals surface area contributed by atoms with Crippen molar-refractivity contribution in [2.45, 2.75) is 31.7 Å². The fourth-order valence-corrected chi connectivity index (χ4v) is 2.53. The van der Waals surface area contributed by atoms with Crippen molar-refractivity contribution in [3.05, 3.63) is 0 Å². The van der Waals surface area contributed by atoms with Gasteiger partial charge in [0, 0.05) is 19.6 Å². The lowest BCUT2D eigenvalue weighted by molar-refractivity contribution is -0.122. The highest BCUT2D eigenvalue weighted by Crippen LogP contribution is 2.04. The van der Waals surface area contributed by atoms with Crippen LogP contribution in [0.4, 0.5) is 0 Å². The van der Waals surface area contributed by atoms with Crippen LogP contribution >= 0.6 is 0 Å².